The number of unbranched alkanes of at least 4 members (excludes halogenated alkanes) is 2. The molecule has 0 aromatic carbocycles. The molecule has 0 radical (unpaired) electrons. The van der Waals surface area contributed by atoms with Gasteiger partial charge in [0.05, 0.1) is 26.2 Å². The van der Waals surface area contributed by atoms with Crippen molar-refractivity contribution in [1.29, 1.82) is 0 Å². The minimum absolute atomic E-state index is 0.0167. The van der Waals surface area contributed by atoms with Gasteiger partial charge in [0.2, 0.25) is 11.8 Å². The predicted octanol–water partition coefficient (Wildman–Crippen LogP) is -2.89. The van der Waals surface area contributed by atoms with Gasteiger partial charge in [-0.25, -0.2) is 14.4 Å². The number of carboxylic acids is 6. The Kier molecular flexibility index (Phi) is 24.0. The van der Waals surface area contributed by atoms with Crippen LogP contribution in [0.2, 0.25) is 0 Å². The van der Waals surface area contributed by atoms with Crippen molar-refractivity contribution in [1.82, 2.24) is 40.9 Å². The molecule has 4 amide bonds. The molecule has 23 nitrogen and oxygen atoms in total. The predicted molar refractivity (Wildman–Crippen MR) is 194 cm³/mol. The molecule has 10 N–H and O–H groups in total. The molecule has 0 aliphatic carbocycles. The maximum atomic E-state index is 12.8. The summed E-state index contributed by atoms with van der Waals surface area (Å²) in [7, 11) is 0. The van der Waals surface area contributed by atoms with Crippen molar-refractivity contribution in [2.45, 2.75) is 63.5 Å². The van der Waals surface area contributed by atoms with E-state index < -0.39 is 60.4 Å². The van der Waals surface area contributed by atoms with Crippen LogP contribution in [0.3, 0.4) is 0 Å². The number of carboxylic acid groups (broad SMARTS) is 6. The number of nitrogens with one attached hydrogen (secondary N) is 4. The van der Waals surface area contributed by atoms with Gasteiger partial charge < -0.3 is 51.9 Å². The Balaban J connectivity index is 2.48. The zero-order valence-electron chi connectivity index (χ0n) is 31.4. The maximum absolute atomic E-state index is 12.8. The largest absolute Gasteiger partial charge is 0.481 e. The van der Waals surface area contributed by atoms with E-state index in [0.717, 1.165) is 0 Å². The van der Waals surface area contributed by atoms with Gasteiger partial charge in [-0.05, 0) is 38.5 Å². The number of rotatable bonds is 25. The summed E-state index contributed by atoms with van der Waals surface area (Å²) in [5, 5.41) is 65.0. The van der Waals surface area contributed by atoms with Crippen LogP contribution in [0.1, 0.15) is 51.4 Å². The lowest BCUT2D eigenvalue weighted by molar-refractivity contribution is -0.141. The highest BCUT2D eigenvalue weighted by Gasteiger charge is 2.25. The Morgan fingerprint density at radius 1 is 0.429 bits per heavy atom. The molecule has 1 heterocycles. The lowest BCUT2D eigenvalue weighted by Gasteiger charge is -2.32. The topological polar surface area (TPSA) is 336 Å². The summed E-state index contributed by atoms with van der Waals surface area (Å²) in [6.45, 7) is 1.81. The van der Waals surface area contributed by atoms with E-state index in [1.54, 1.807) is 19.6 Å². The highest BCUT2D eigenvalue weighted by Crippen LogP contribution is 2.05. The Labute approximate surface area is 323 Å². The first-order valence-corrected chi connectivity index (χ1v) is 18.3. The number of carbonyl (C=O) groups excluding carboxylic acids is 3. The molecule has 2 atom stereocenters. The van der Waals surface area contributed by atoms with E-state index in [0.29, 0.717) is 38.8 Å². The lowest BCUT2D eigenvalue weighted by Crippen LogP contribution is -2.51. The SMILES string of the molecule is O=C(O)CCC(NC(=O)NC(CCCCNC(=O)CCCCNC(=O)CN1CCN(CC(=O)O)CCN(CC(=O)O)CCN(CC(=O)O)CC1)C(=O)O)C(=O)O. The fourth-order valence-electron chi connectivity index (χ4n) is 5.61. The molecular weight excluding hydrogens is 748 g/mol. The number of carbonyl (C=O) groups is 9. The van der Waals surface area contributed by atoms with Crippen molar-refractivity contribution in [3.8, 4) is 0 Å². The van der Waals surface area contributed by atoms with E-state index in [9.17, 15) is 63.6 Å². The van der Waals surface area contributed by atoms with E-state index in [4.69, 9.17) is 10.2 Å². The number of hydrogen-bond acceptors (Lipinski definition) is 13. The van der Waals surface area contributed by atoms with Gasteiger partial charge in [-0.3, -0.25) is 48.4 Å². The number of hydrogen-bond donors (Lipinski definition) is 10. The second kappa shape index (κ2) is 27.5. The van der Waals surface area contributed by atoms with Crippen LogP contribution in [0.4, 0.5) is 4.79 Å². The third-order valence-corrected chi connectivity index (χ3v) is 8.62. The average Bonchev–Trinajstić information content (AvgIpc) is 3.09. The van der Waals surface area contributed by atoms with Gasteiger partial charge in [-0.15, -0.1) is 0 Å². The molecule has 0 spiro atoms. The summed E-state index contributed by atoms with van der Waals surface area (Å²) in [6.07, 6.45) is 0.856. The monoisotopic (exact) mass is 804 g/mol. The highest BCUT2D eigenvalue weighted by molar-refractivity contribution is 5.86. The van der Waals surface area contributed by atoms with Crippen molar-refractivity contribution in [2.75, 3.05) is 91.6 Å². The van der Waals surface area contributed by atoms with Gasteiger partial charge in [-0.1, -0.05) is 0 Å². The van der Waals surface area contributed by atoms with Crippen LogP contribution >= 0.6 is 0 Å². The molecule has 1 saturated heterocycles. The Bertz CT molecular complexity index is 1300. The maximum Gasteiger partial charge on any atom is 0.326 e. The van der Waals surface area contributed by atoms with Gasteiger partial charge in [0, 0.05) is 78.3 Å². The van der Waals surface area contributed by atoms with E-state index in [-0.39, 0.29) is 110 Å². The summed E-state index contributed by atoms with van der Waals surface area (Å²) in [5.74, 6) is -7.81. The van der Waals surface area contributed by atoms with E-state index in [1.807, 2.05) is 5.32 Å². The fraction of sp³-hybridized carbons (Fsp3) is 0.727. The Hall–Kier alpha value is -5.13. The van der Waals surface area contributed by atoms with Gasteiger partial charge >= 0.3 is 41.8 Å². The van der Waals surface area contributed by atoms with Crippen molar-refractivity contribution in [3.05, 3.63) is 0 Å². The highest BCUT2D eigenvalue weighted by atomic mass is 16.4. The van der Waals surface area contributed by atoms with E-state index >= 15 is 0 Å². The van der Waals surface area contributed by atoms with Crippen molar-refractivity contribution < 1.29 is 73.8 Å². The summed E-state index contributed by atoms with van der Waals surface area (Å²) < 4.78 is 0. The van der Waals surface area contributed by atoms with Crippen LogP contribution in [0.25, 0.3) is 0 Å². The number of aliphatic carboxylic acids is 6. The molecular formula is C33H56N8O15. The summed E-state index contributed by atoms with van der Waals surface area (Å²) >= 11 is 0. The van der Waals surface area contributed by atoms with E-state index in [2.05, 4.69) is 16.0 Å². The molecule has 1 aliphatic heterocycles. The van der Waals surface area contributed by atoms with Gasteiger partial charge in [0.1, 0.15) is 12.1 Å². The minimum atomic E-state index is -1.52. The summed E-state index contributed by atoms with van der Waals surface area (Å²) in [5.41, 5.74) is 0. The lowest BCUT2D eigenvalue weighted by atomic mass is 10.1. The van der Waals surface area contributed by atoms with Crippen LogP contribution in [-0.4, -0.2) is 208 Å². The molecule has 0 saturated carbocycles. The summed E-state index contributed by atoms with van der Waals surface area (Å²) in [4.78, 5) is 112. The molecule has 318 valence electrons. The van der Waals surface area contributed by atoms with Crippen LogP contribution in [-0.2, 0) is 38.4 Å². The van der Waals surface area contributed by atoms with Crippen LogP contribution in [0, 0.1) is 0 Å². The van der Waals surface area contributed by atoms with Crippen LogP contribution < -0.4 is 21.3 Å². The second-order valence-corrected chi connectivity index (χ2v) is 13.3. The van der Waals surface area contributed by atoms with Gasteiger partial charge in [0.25, 0.3) is 0 Å². The number of nitrogens with zero attached hydrogens (tertiary/aromatic N) is 4. The normalized spacial score (nSPS) is 16.2. The van der Waals surface area contributed by atoms with Crippen molar-refractivity contribution >= 4 is 53.7 Å². The molecule has 2 unspecified atom stereocenters. The quantitative estimate of drug-likeness (QED) is 0.0414. The molecule has 0 bridgehead atoms. The third kappa shape index (κ3) is 24.3. The molecule has 56 heavy (non-hydrogen) atoms. The fourth-order valence-corrected chi connectivity index (χ4v) is 5.61. The average molecular weight is 805 g/mol. The Morgan fingerprint density at radius 2 is 0.804 bits per heavy atom. The number of amides is 4. The Morgan fingerprint density at radius 3 is 1.20 bits per heavy atom. The van der Waals surface area contributed by atoms with E-state index in [1.165, 1.54) is 0 Å². The summed E-state index contributed by atoms with van der Waals surface area (Å²) in [6, 6.07) is -3.94. The first-order valence-electron chi connectivity index (χ1n) is 18.3. The smallest absolute Gasteiger partial charge is 0.326 e. The van der Waals surface area contributed by atoms with Gasteiger partial charge in [-0.2, -0.15) is 0 Å². The van der Waals surface area contributed by atoms with Crippen molar-refractivity contribution in [3.63, 3.8) is 0 Å². The first kappa shape index (κ1) is 48.9. The molecule has 1 rings (SSSR count). The zero-order chi connectivity index (χ0) is 42.0. The third-order valence-electron chi connectivity index (χ3n) is 8.62. The second-order valence-electron chi connectivity index (χ2n) is 13.3. The molecule has 23 heteroatoms. The van der Waals surface area contributed by atoms with Crippen LogP contribution in [0.5, 0.6) is 0 Å². The first-order chi connectivity index (χ1) is 26.4. The zero-order valence-corrected chi connectivity index (χ0v) is 31.4. The van der Waals surface area contributed by atoms with Crippen molar-refractivity contribution in [2.24, 2.45) is 0 Å². The molecule has 0 aromatic rings. The molecule has 1 fully saturated rings. The van der Waals surface area contributed by atoms with Gasteiger partial charge in [0.15, 0.2) is 0 Å². The standard InChI is InChI=1S/C33H56N8O15/c42-25(34-9-3-1-5-23(31(52)53)36-33(56)37-24(32(54)55)7-8-27(44)45)6-2-4-10-35-26(43)19-38-11-13-39(20-28(46)47)15-17-41(22-30(50)51)18-16-40(14-12-38)21-29(48)49/h23-24H,1-22H2,(H,34,42)(H,35,43)(H,44,45)(H,46,47)(H,48,49)(H,50,51)(H,52,53)(H,54,55)(H2,36,37,56). The molecule has 0 aromatic heterocycles. The van der Waals surface area contributed by atoms with Crippen LogP contribution in [0.15, 0.2) is 0 Å². The number of urea groups is 1. The molecule has 1 aliphatic rings. The minimum Gasteiger partial charge on any atom is -0.481 e.